The third-order valence-corrected chi connectivity index (χ3v) is 5.92. The first kappa shape index (κ1) is 14.2. The van der Waals surface area contributed by atoms with Crippen molar-refractivity contribution in [1.82, 2.24) is 15.2 Å². The zero-order chi connectivity index (χ0) is 15.9. The number of para-hydroxylation sites is 1. The van der Waals surface area contributed by atoms with E-state index in [1.165, 1.54) is 17.5 Å². The lowest BCUT2D eigenvalue weighted by atomic mass is 10.2. The zero-order valence-corrected chi connectivity index (χ0v) is 14.2. The zero-order valence-electron chi connectivity index (χ0n) is 13.4. The molecule has 0 radical (unpaired) electrons. The summed E-state index contributed by atoms with van der Waals surface area (Å²) in [4.78, 5) is 9.48. The molecule has 1 aromatic carbocycles. The number of thiazole rings is 1. The van der Waals surface area contributed by atoms with Gasteiger partial charge < -0.3 is 9.80 Å². The maximum atomic E-state index is 4.77. The van der Waals surface area contributed by atoms with Crippen LogP contribution in [-0.2, 0) is 0 Å². The van der Waals surface area contributed by atoms with Crippen LogP contribution in [0.2, 0.25) is 0 Å². The molecule has 5 nitrogen and oxygen atoms in total. The van der Waals surface area contributed by atoms with E-state index >= 15 is 0 Å². The van der Waals surface area contributed by atoms with E-state index in [9.17, 15) is 0 Å². The molecule has 0 N–H and O–H groups in total. The van der Waals surface area contributed by atoms with Gasteiger partial charge in [0.05, 0.1) is 15.9 Å². The SMILES string of the molecule is c1ccc2sc(N3CCN(c4ccc(C5CC5)nn4)CC3)nc2c1. The van der Waals surface area contributed by atoms with E-state index in [2.05, 4.69) is 50.3 Å². The number of rotatable bonds is 3. The van der Waals surface area contributed by atoms with Crippen LogP contribution >= 0.6 is 11.3 Å². The van der Waals surface area contributed by atoms with Crippen molar-refractivity contribution < 1.29 is 0 Å². The second-order valence-corrected chi connectivity index (χ2v) is 7.54. The van der Waals surface area contributed by atoms with Gasteiger partial charge in [0, 0.05) is 32.1 Å². The molecule has 3 heterocycles. The Morgan fingerprint density at radius 3 is 2.38 bits per heavy atom. The molecule has 0 bridgehead atoms. The largest absolute Gasteiger partial charge is 0.352 e. The van der Waals surface area contributed by atoms with Crippen molar-refractivity contribution in [2.24, 2.45) is 0 Å². The van der Waals surface area contributed by atoms with E-state index < -0.39 is 0 Å². The third kappa shape index (κ3) is 2.60. The van der Waals surface area contributed by atoms with Crippen LogP contribution in [0, 0.1) is 0 Å². The summed E-state index contributed by atoms with van der Waals surface area (Å²) >= 11 is 1.78. The fourth-order valence-electron chi connectivity index (χ4n) is 3.22. The van der Waals surface area contributed by atoms with Crippen LogP contribution in [-0.4, -0.2) is 41.4 Å². The predicted molar refractivity (Wildman–Crippen MR) is 98.1 cm³/mol. The summed E-state index contributed by atoms with van der Waals surface area (Å²) < 4.78 is 1.26. The molecule has 2 aromatic heterocycles. The third-order valence-electron chi connectivity index (χ3n) is 4.82. The molecule has 122 valence electrons. The summed E-state index contributed by atoms with van der Waals surface area (Å²) in [6.45, 7) is 3.89. The van der Waals surface area contributed by atoms with Crippen LogP contribution in [0.3, 0.4) is 0 Å². The van der Waals surface area contributed by atoms with Gasteiger partial charge in [0.2, 0.25) is 0 Å². The van der Waals surface area contributed by atoms with Gasteiger partial charge in [-0.3, -0.25) is 0 Å². The van der Waals surface area contributed by atoms with Crippen molar-refractivity contribution in [3.8, 4) is 0 Å². The fourth-order valence-corrected chi connectivity index (χ4v) is 4.24. The molecule has 0 atom stereocenters. The normalized spacial score (nSPS) is 18.3. The number of hydrogen-bond donors (Lipinski definition) is 0. The Morgan fingerprint density at radius 1 is 0.875 bits per heavy atom. The van der Waals surface area contributed by atoms with Crippen molar-refractivity contribution in [3.63, 3.8) is 0 Å². The molecule has 0 spiro atoms. The van der Waals surface area contributed by atoms with E-state index in [1.807, 2.05) is 6.07 Å². The molecule has 0 unspecified atom stereocenters. The Kier molecular flexibility index (Phi) is 3.36. The standard InChI is InChI=1S/C18H19N5S/c1-2-4-16-15(3-1)19-18(24-16)23-11-9-22(10-12-23)17-8-7-14(20-21-17)13-5-6-13/h1-4,7-8,13H,5-6,9-12H2. The number of anilines is 2. The van der Waals surface area contributed by atoms with Crippen LogP contribution in [0.1, 0.15) is 24.5 Å². The van der Waals surface area contributed by atoms with E-state index in [0.29, 0.717) is 5.92 Å². The maximum Gasteiger partial charge on any atom is 0.186 e. The minimum absolute atomic E-state index is 0.669. The summed E-state index contributed by atoms with van der Waals surface area (Å²) in [6.07, 6.45) is 2.55. The molecule has 0 amide bonds. The van der Waals surface area contributed by atoms with E-state index in [-0.39, 0.29) is 0 Å². The second-order valence-electron chi connectivity index (χ2n) is 6.53. The topological polar surface area (TPSA) is 45.2 Å². The van der Waals surface area contributed by atoms with Crippen LogP contribution in [0.4, 0.5) is 10.9 Å². The van der Waals surface area contributed by atoms with Gasteiger partial charge in [-0.1, -0.05) is 23.5 Å². The van der Waals surface area contributed by atoms with E-state index in [1.54, 1.807) is 11.3 Å². The van der Waals surface area contributed by atoms with Crippen molar-refractivity contribution in [2.75, 3.05) is 36.0 Å². The number of fused-ring (bicyclic) bond motifs is 1. The summed E-state index contributed by atoms with van der Waals surface area (Å²) in [5, 5.41) is 9.98. The van der Waals surface area contributed by atoms with E-state index in [4.69, 9.17) is 4.98 Å². The average Bonchev–Trinajstić information content (AvgIpc) is 3.40. The van der Waals surface area contributed by atoms with Gasteiger partial charge in [0.15, 0.2) is 10.9 Å². The molecule has 5 rings (SSSR count). The fraction of sp³-hybridized carbons (Fsp3) is 0.389. The second kappa shape index (κ2) is 5.70. The molecule has 1 saturated heterocycles. The highest BCUT2D eigenvalue weighted by Gasteiger charge is 2.26. The van der Waals surface area contributed by atoms with Gasteiger partial charge in [0.25, 0.3) is 0 Å². The first-order valence-electron chi connectivity index (χ1n) is 8.56. The number of benzene rings is 1. The van der Waals surface area contributed by atoms with Crippen molar-refractivity contribution >= 4 is 32.5 Å². The Hall–Kier alpha value is -2.21. The smallest absolute Gasteiger partial charge is 0.186 e. The monoisotopic (exact) mass is 337 g/mol. The minimum Gasteiger partial charge on any atom is -0.352 e. The number of nitrogens with zero attached hydrogens (tertiary/aromatic N) is 5. The molecule has 1 saturated carbocycles. The highest BCUT2D eigenvalue weighted by molar-refractivity contribution is 7.22. The average molecular weight is 337 g/mol. The summed E-state index contributed by atoms with van der Waals surface area (Å²) in [5.41, 5.74) is 2.26. The summed E-state index contributed by atoms with van der Waals surface area (Å²) in [7, 11) is 0. The highest BCUT2D eigenvalue weighted by Crippen LogP contribution is 2.38. The molecule has 24 heavy (non-hydrogen) atoms. The lowest BCUT2D eigenvalue weighted by Crippen LogP contribution is -2.46. The molecular weight excluding hydrogens is 318 g/mol. The number of piperazine rings is 1. The molecule has 2 fully saturated rings. The Bertz CT molecular complexity index is 814. The molecule has 6 heteroatoms. The van der Waals surface area contributed by atoms with Gasteiger partial charge in [-0.15, -0.1) is 5.10 Å². The van der Waals surface area contributed by atoms with Crippen LogP contribution in [0.5, 0.6) is 0 Å². The van der Waals surface area contributed by atoms with Crippen molar-refractivity contribution in [3.05, 3.63) is 42.1 Å². The van der Waals surface area contributed by atoms with Gasteiger partial charge in [-0.25, -0.2) is 4.98 Å². The Morgan fingerprint density at radius 2 is 1.67 bits per heavy atom. The quantitative estimate of drug-likeness (QED) is 0.734. The highest BCUT2D eigenvalue weighted by atomic mass is 32.1. The van der Waals surface area contributed by atoms with Gasteiger partial charge in [-0.05, 0) is 37.1 Å². The lowest BCUT2D eigenvalue weighted by molar-refractivity contribution is 0.641. The van der Waals surface area contributed by atoms with Gasteiger partial charge >= 0.3 is 0 Å². The number of aromatic nitrogens is 3. The van der Waals surface area contributed by atoms with Crippen molar-refractivity contribution in [2.45, 2.75) is 18.8 Å². The molecule has 3 aromatic rings. The number of hydrogen-bond acceptors (Lipinski definition) is 6. The Balaban J connectivity index is 1.28. The van der Waals surface area contributed by atoms with E-state index in [0.717, 1.165) is 48.3 Å². The Labute approximate surface area is 145 Å². The molecule has 1 aliphatic heterocycles. The minimum atomic E-state index is 0.669. The van der Waals surface area contributed by atoms with Crippen LogP contribution in [0.25, 0.3) is 10.2 Å². The lowest BCUT2D eigenvalue weighted by Gasteiger charge is -2.35. The van der Waals surface area contributed by atoms with Crippen LogP contribution in [0.15, 0.2) is 36.4 Å². The molecular formula is C18H19N5S. The van der Waals surface area contributed by atoms with Gasteiger partial charge in [0.1, 0.15) is 0 Å². The summed E-state index contributed by atoms with van der Waals surface area (Å²) in [5.74, 6) is 1.67. The first-order chi connectivity index (χ1) is 11.9. The maximum absolute atomic E-state index is 4.77. The van der Waals surface area contributed by atoms with Gasteiger partial charge in [-0.2, -0.15) is 5.10 Å². The first-order valence-corrected chi connectivity index (χ1v) is 9.37. The summed E-state index contributed by atoms with van der Waals surface area (Å²) in [6, 6.07) is 12.6. The van der Waals surface area contributed by atoms with Crippen LogP contribution < -0.4 is 9.80 Å². The predicted octanol–water partition coefficient (Wildman–Crippen LogP) is 3.29. The van der Waals surface area contributed by atoms with Crippen molar-refractivity contribution in [1.29, 1.82) is 0 Å². The molecule has 1 aliphatic carbocycles. The molecule has 2 aliphatic rings.